The fourth-order valence-electron chi connectivity index (χ4n) is 4.02. The van der Waals surface area contributed by atoms with Gasteiger partial charge in [0.05, 0.1) is 11.7 Å². The standard InChI is InChI=1S/C19H20N6/c1-12-4-2-3-5-15(12)24-9-8-16-19(24)21-11-17-22-23-18(25(16)17)13-6-7-14(20)10-13/h2-5,8-9,11,13-14H,6-7,10,20H2,1H3/t13-,14+/m1/s1. The lowest BCUT2D eigenvalue weighted by molar-refractivity contribution is 0.639. The van der Waals surface area contributed by atoms with E-state index in [-0.39, 0.29) is 6.04 Å². The molecule has 3 aromatic heterocycles. The van der Waals surface area contributed by atoms with Gasteiger partial charge in [0.15, 0.2) is 11.3 Å². The predicted molar refractivity (Wildman–Crippen MR) is 96.9 cm³/mol. The van der Waals surface area contributed by atoms with Crippen molar-refractivity contribution in [1.29, 1.82) is 0 Å². The first-order valence-corrected chi connectivity index (χ1v) is 8.75. The number of aryl methyl sites for hydroxylation is 1. The van der Waals surface area contributed by atoms with Gasteiger partial charge in [0.2, 0.25) is 0 Å². The zero-order valence-electron chi connectivity index (χ0n) is 14.1. The molecule has 0 amide bonds. The highest BCUT2D eigenvalue weighted by molar-refractivity contribution is 5.77. The zero-order valence-corrected chi connectivity index (χ0v) is 14.1. The van der Waals surface area contributed by atoms with Crippen LogP contribution in [0, 0.1) is 6.92 Å². The van der Waals surface area contributed by atoms with Gasteiger partial charge in [0.25, 0.3) is 0 Å². The minimum atomic E-state index is 0.270. The van der Waals surface area contributed by atoms with Crippen LogP contribution < -0.4 is 5.73 Å². The Hall–Kier alpha value is -2.73. The van der Waals surface area contributed by atoms with Crippen LogP contribution in [0.2, 0.25) is 0 Å². The van der Waals surface area contributed by atoms with Gasteiger partial charge < -0.3 is 5.73 Å². The average Bonchev–Trinajstić information content (AvgIpc) is 3.31. The van der Waals surface area contributed by atoms with Crippen molar-refractivity contribution in [2.24, 2.45) is 5.73 Å². The summed E-state index contributed by atoms with van der Waals surface area (Å²) in [7, 11) is 0. The van der Waals surface area contributed by atoms with E-state index in [4.69, 9.17) is 5.73 Å². The van der Waals surface area contributed by atoms with E-state index in [9.17, 15) is 0 Å². The van der Waals surface area contributed by atoms with Gasteiger partial charge in [-0.1, -0.05) is 18.2 Å². The fourth-order valence-corrected chi connectivity index (χ4v) is 4.02. The van der Waals surface area contributed by atoms with Crippen molar-refractivity contribution in [2.75, 3.05) is 0 Å². The highest BCUT2D eigenvalue weighted by Gasteiger charge is 2.28. The Kier molecular flexibility index (Phi) is 3.15. The summed E-state index contributed by atoms with van der Waals surface area (Å²) < 4.78 is 4.29. The maximum Gasteiger partial charge on any atom is 0.179 e. The van der Waals surface area contributed by atoms with E-state index < -0.39 is 0 Å². The Labute approximate surface area is 145 Å². The molecule has 25 heavy (non-hydrogen) atoms. The number of rotatable bonds is 2. The van der Waals surface area contributed by atoms with E-state index in [0.717, 1.165) is 47.6 Å². The molecule has 5 rings (SSSR count). The molecule has 2 N–H and O–H groups in total. The van der Waals surface area contributed by atoms with Crippen molar-refractivity contribution >= 4 is 16.8 Å². The summed E-state index contributed by atoms with van der Waals surface area (Å²) in [6.07, 6.45) is 6.98. The number of aromatic nitrogens is 5. The lowest BCUT2D eigenvalue weighted by atomic mass is 10.1. The van der Waals surface area contributed by atoms with Gasteiger partial charge in [-0.25, -0.2) is 4.98 Å². The molecule has 4 aromatic rings. The average molecular weight is 332 g/mol. The number of para-hydroxylation sites is 1. The monoisotopic (exact) mass is 332 g/mol. The van der Waals surface area contributed by atoms with E-state index in [1.54, 1.807) is 0 Å². The molecule has 0 spiro atoms. The SMILES string of the molecule is Cc1ccccc1-n1ccc2c1ncc1nnc([C@@H]3CC[C@H](N)C3)n12. The first-order chi connectivity index (χ1) is 12.2. The molecule has 1 fully saturated rings. The second kappa shape index (κ2) is 5.39. The van der Waals surface area contributed by atoms with Crippen molar-refractivity contribution in [1.82, 2.24) is 24.1 Å². The van der Waals surface area contributed by atoms with Gasteiger partial charge >= 0.3 is 0 Å². The van der Waals surface area contributed by atoms with Crippen LogP contribution in [0.1, 0.15) is 36.6 Å². The number of fused-ring (bicyclic) bond motifs is 3. The number of nitrogens with zero attached hydrogens (tertiary/aromatic N) is 5. The Balaban J connectivity index is 1.74. The van der Waals surface area contributed by atoms with E-state index in [1.807, 2.05) is 6.20 Å². The number of hydrogen-bond donors (Lipinski definition) is 1. The largest absolute Gasteiger partial charge is 0.328 e. The molecular formula is C19H20N6. The molecule has 1 aliphatic rings. The van der Waals surface area contributed by atoms with Gasteiger partial charge in [-0.15, -0.1) is 10.2 Å². The maximum atomic E-state index is 6.11. The lowest BCUT2D eigenvalue weighted by Crippen LogP contribution is -2.15. The van der Waals surface area contributed by atoms with Crippen LogP contribution in [0.3, 0.4) is 0 Å². The molecule has 6 heteroatoms. The number of hydrogen-bond acceptors (Lipinski definition) is 4. The summed E-state index contributed by atoms with van der Waals surface area (Å²) >= 11 is 0. The summed E-state index contributed by atoms with van der Waals surface area (Å²) in [6, 6.07) is 10.7. The van der Waals surface area contributed by atoms with Gasteiger partial charge in [-0.3, -0.25) is 8.97 Å². The highest BCUT2D eigenvalue weighted by atomic mass is 15.3. The zero-order chi connectivity index (χ0) is 17.0. The van der Waals surface area contributed by atoms with E-state index in [0.29, 0.717) is 5.92 Å². The Morgan fingerprint density at radius 3 is 2.80 bits per heavy atom. The third-order valence-corrected chi connectivity index (χ3v) is 5.31. The Bertz CT molecular complexity index is 1080. The number of nitrogens with two attached hydrogens (primary N) is 1. The van der Waals surface area contributed by atoms with Crippen LogP contribution in [0.15, 0.2) is 42.7 Å². The van der Waals surface area contributed by atoms with Crippen LogP contribution in [-0.4, -0.2) is 30.2 Å². The van der Waals surface area contributed by atoms with E-state index >= 15 is 0 Å². The summed E-state index contributed by atoms with van der Waals surface area (Å²) in [5.41, 5.74) is 11.2. The minimum absolute atomic E-state index is 0.270. The molecular weight excluding hydrogens is 312 g/mol. The summed E-state index contributed by atoms with van der Waals surface area (Å²) in [4.78, 5) is 4.66. The molecule has 0 aliphatic heterocycles. The highest BCUT2D eigenvalue weighted by Crippen LogP contribution is 2.34. The quantitative estimate of drug-likeness (QED) is 0.612. The smallest absolute Gasteiger partial charge is 0.179 e. The van der Waals surface area contributed by atoms with Gasteiger partial charge in [0.1, 0.15) is 5.82 Å². The molecule has 0 bridgehead atoms. The van der Waals surface area contributed by atoms with Gasteiger partial charge in [0, 0.05) is 23.8 Å². The van der Waals surface area contributed by atoms with Crippen molar-refractivity contribution in [3.63, 3.8) is 0 Å². The van der Waals surface area contributed by atoms with Crippen molar-refractivity contribution < 1.29 is 0 Å². The van der Waals surface area contributed by atoms with Crippen LogP contribution in [-0.2, 0) is 0 Å². The Morgan fingerprint density at radius 2 is 2.00 bits per heavy atom. The lowest BCUT2D eigenvalue weighted by Gasteiger charge is -2.10. The molecule has 1 aromatic carbocycles. The van der Waals surface area contributed by atoms with Gasteiger partial charge in [-0.05, 0) is 43.9 Å². The van der Waals surface area contributed by atoms with Crippen molar-refractivity contribution in [3.8, 4) is 5.69 Å². The van der Waals surface area contributed by atoms with E-state index in [2.05, 4.69) is 67.6 Å². The molecule has 0 saturated heterocycles. The van der Waals surface area contributed by atoms with Crippen molar-refractivity contribution in [3.05, 3.63) is 54.1 Å². The van der Waals surface area contributed by atoms with Crippen LogP contribution in [0.5, 0.6) is 0 Å². The minimum Gasteiger partial charge on any atom is -0.328 e. The van der Waals surface area contributed by atoms with Crippen LogP contribution in [0.25, 0.3) is 22.5 Å². The molecule has 0 unspecified atom stereocenters. The molecule has 2 atom stereocenters. The predicted octanol–water partition coefficient (Wildman–Crippen LogP) is 2.97. The molecule has 6 nitrogen and oxygen atoms in total. The third-order valence-electron chi connectivity index (χ3n) is 5.31. The molecule has 1 saturated carbocycles. The van der Waals surface area contributed by atoms with Crippen molar-refractivity contribution in [2.45, 2.75) is 38.1 Å². The van der Waals surface area contributed by atoms with Crippen LogP contribution >= 0.6 is 0 Å². The summed E-state index contributed by atoms with van der Waals surface area (Å²) in [5, 5.41) is 8.81. The van der Waals surface area contributed by atoms with Crippen LogP contribution in [0.4, 0.5) is 0 Å². The first-order valence-electron chi connectivity index (χ1n) is 8.75. The molecule has 1 aliphatic carbocycles. The fraction of sp³-hybridized carbons (Fsp3) is 0.316. The topological polar surface area (TPSA) is 74.0 Å². The summed E-state index contributed by atoms with van der Waals surface area (Å²) in [6.45, 7) is 2.11. The maximum absolute atomic E-state index is 6.11. The van der Waals surface area contributed by atoms with E-state index in [1.165, 1.54) is 5.56 Å². The first kappa shape index (κ1) is 14.6. The molecule has 0 radical (unpaired) electrons. The second-order valence-electron chi connectivity index (χ2n) is 6.96. The summed E-state index contributed by atoms with van der Waals surface area (Å²) in [5.74, 6) is 1.38. The third kappa shape index (κ3) is 2.17. The molecule has 126 valence electrons. The number of benzene rings is 1. The second-order valence-corrected chi connectivity index (χ2v) is 6.96. The Morgan fingerprint density at radius 1 is 1.12 bits per heavy atom. The molecule has 3 heterocycles. The van der Waals surface area contributed by atoms with Gasteiger partial charge in [-0.2, -0.15) is 0 Å². The normalized spacial score (nSPS) is 20.7.